The molecule has 108 valence electrons. The smallest absolute Gasteiger partial charge is 0.139 e. The molecular formula is C17H20N4. The van der Waals surface area contributed by atoms with Crippen LogP contribution in [0.5, 0.6) is 0 Å². The SMILES string of the molecule is CCCNc1ccc(-c2cn3ccc(NC)cc3n2)cc1. The highest BCUT2D eigenvalue weighted by Crippen LogP contribution is 2.22. The normalized spacial score (nSPS) is 10.8. The Morgan fingerprint density at radius 1 is 1.10 bits per heavy atom. The van der Waals surface area contributed by atoms with Crippen LogP contribution in [0.3, 0.4) is 0 Å². The van der Waals surface area contributed by atoms with Gasteiger partial charge in [-0.25, -0.2) is 4.98 Å². The molecule has 0 unspecified atom stereocenters. The lowest BCUT2D eigenvalue weighted by atomic mass is 10.1. The van der Waals surface area contributed by atoms with Crippen LogP contribution in [0.4, 0.5) is 11.4 Å². The van der Waals surface area contributed by atoms with Crippen molar-refractivity contribution < 1.29 is 0 Å². The second kappa shape index (κ2) is 5.87. The van der Waals surface area contributed by atoms with Crippen LogP contribution in [-0.2, 0) is 0 Å². The maximum absolute atomic E-state index is 4.69. The fourth-order valence-corrected chi connectivity index (χ4v) is 2.30. The van der Waals surface area contributed by atoms with Gasteiger partial charge in [-0.3, -0.25) is 0 Å². The molecule has 4 nitrogen and oxygen atoms in total. The fourth-order valence-electron chi connectivity index (χ4n) is 2.30. The fraction of sp³-hybridized carbons (Fsp3) is 0.235. The van der Waals surface area contributed by atoms with E-state index in [1.807, 2.05) is 29.8 Å². The van der Waals surface area contributed by atoms with Crippen molar-refractivity contribution in [3.63, 3.8) is 0 Å². The summed E-state index contributed by atoms with van der Waals surface area (Å²) >= 11 is 0. The lowest BCUT2D eigenvalue weighted by Crippen LogP contribution is -1.98. The highest BCUT2D eigenvalue weighted by molar-refractivity contribution is 5.66. The first-order valence-electron chi connectivity index (χ1n) is 7.31. The van der Waals surface area contributed by atoms with Crippen molar-refractivity contribution >= 4 is 17.0 Å². The minimum absolute atomic E-state index is 0.949. The lowest BCUT2D eigenvalue weighted by molar-refractivity contribution is 0.980. The second-order valence-electron chi connectivity index (χ2n) is 5.06. The molecule has 0 atom stereocenters. The first-order chi connectivity index (χ1) is 10.3. The van der Waals surface area contributed by atoms with E-state index in [1.165, 1.54) is 0 Å². The van der Waals surface area contributed by atoms with Crippen molar-refractivity contribution in [3.05, 3.63) is 48.8 Å². The highest BCUT2D eigenvalue weighted by Gasteiger charge is 2.05. The van der Waals surface area contributed by atoms with Crippen molar-refractivity contribution in [2.75, 3.05) is 24.2 Å². The summed E-state index contributed by atoms with van der Waals surface area (Å²) in [5, 5.41) is 6.51. The van der Waals surface area contributed by atoms with Gasteiger partial charge in [0.15, 0.2) is 0 Å². The van der Waals surface area contributed by atoms with Crippen LogP contribution in [-0.4, -0.2) is 23.0 Å². The summed E-state index contributed by atoms with van der Waals surface area (Å²) in [4.78, 5) is 4.69. The molecule has 0 spiro atoms. The summed E-state index contributed by atoms with van der Waals surface area (Å²) in [6.07, 6.45) is 5.21. The van der Waals surface area contributed by atoms with E-state index >= 15 is 0 Å². The molecule has 0 aliphatic rings. The monoisotopic (exact) mass is 280 g/mol. The third-order valence-electron chi connectivity index (χ3n) is 3.51. The zero-order chi connectivity index (χ0) is 14.7. The van der Waals surface area contributed by atoms with Gasteiger partial charge in [-0.2, -0.15) is 0 Å². The number of anilines is 2. The van der Waals surface area contributed by atoms with Crippen molar-refractivity contribution in [1.82, 2.24) is 9.38 Å². The Hall–Kier alpha value is -2.49. The Kier molecular flexibility index (Phi) is 3.77. The van der Waals surface area contributed by atoms with Crippen LogP contribution >= 0.6 is 0 Å². The third kappa shape index (κ3) is 2.84. The van der Waals surface area contributed by atoms with Gasteiger partial charge in [0, 0.05) is 49.0 Å². The van der Waals surface area contributed by atoms with Gasteiger partial charge >= 0.3 is 0 Å². The molecule has 0 saturated carbocycles. The molecule has 0 aliphatic carbocycles. The number of nitrogens with one attached hydrogen (secondary N) is 2. The molecule has 0 bridgehead atoms. The van der Waals surface area contributed by atoms with Gasteiger partial charge in [-0.05, 0) is 24.6 Å². The third-order valence-corrected chi connectivity index (χ3v) is 3.51. The van der Waals surface area contributed by atoms with E-state index in [-0.39, 0.29) is 0 Å². The lowest BCUT2D eigenvalue weighted by Gasteiger charge is -2.04. The second-order valence-corrected chi connectivity index (χ2v) is 5.06. The van der Waals surface area contributed by atoms with E-state index in [0.717, 1.165) is 41.2 Å². The number of fused-ring (bicyclic) bond motifs is 1. The number of rotatable bonds is 5. The Morgan fingerprint density at radius 3 is 2.62 bits per heavy atom. The van der Waals surface area contributed by atoms with E-state index in [9.17, 15) is 0 Å². The van der Waals surface area contributed by atoms with Crippen molar-refractivity contribution in [2.45, 2.75) is 13.3 Å². The minimum Gasteiger partial charge on any atom is -0.388 e. The van der Waals surface area contributed by atoms with Crippen LogP contribution in [0.1, 0.15) is 13.3 Å². The molecule has 3 aromatic rings. The number of pyridine rings is 1. The van der Waals surface area contributed by atoms with Crippen LogP contribution < -0.4 is 10.6 Å². The van der Waals surface area contributed by atoms with Crippen molar-refractivity contribution in [3.8, 4) is 11.3 Å². The molecule has 21 heavy (non-hydrogen) atoms. The van der Waals surface area contributed by atoms with E-state index in [1.54, 1.807) is 0 Å². The van der Waals surface area contributed by atoms with Gasteiger partial charge < -0.3 is 15.0 Å². The standard InChI is InChI=1S/C17H20N4/c1-3-9-19-14-6-4-13(5-7-14)16-12-21-10-8-15(18-2)11-17(21)20-16/h4-8,10-12,18-19H,3,9H2,1-2H3. The maximum Gasteiger partial charge on any atom is 0.139 e. The van der Waals surface area contributed by atoms with Gasteiger partial charge in [0.1, 0.15) is 5.65 Å². The van der Waals surface area contributed by atoms with Gasteiger partial charge in [0.2, 0.25) is 0 Å². The first-order valence-corrected chi connectivity index (χ1v) is 7.31. The zero-order valence-electron chi connectivity index (χ0n) is 12.4. The Morgan fingerprint density at radius 2 is 1.90 bits per heavy atom. The number of aromatic nitrogens is 2. The molecule has 3 rings (SSSR count). The molecule has 2 N–H and O–H groups in total. The quantitative estimate of drug-likeness (QED) is 0.745. The zero-order valence-corrected chi connectivity index (χ0v) is 12.4. The van der Waals surface area contributed by atoms with E-state index < -0.39 is 0 Å². The van der Waals surface area contributed by atoms with E-state index in [2.05, 4.69) is 53.0 Å². The topological polar surface area (TPSA) is 41.4 Å². The summed E-state index contributed by atoms with van der Waals surface area (Å²) < 4.78 is 2.04. The molecule has 0 radical (unpaired) electrons. The molecule has 4 heteroatoms. The Bertz CT molecular complexity index is 728. The molecule has 0 saturated heterocycles. The maximum atomic E-state index is 4.69. The highest BCUT2D eigenvalue weighted by atomic mass is 15.0. The predicted octanol–water partition coefficient (Wildman–Crippen LogP) is 3.86. The average Bonchev–Trinajstić information content (AvgIpc) is 2.96. The Balaban J connectivity index is 1.89. The van der Waals surface area contributed by atoms with Crippen LogP contribution in [0.2, 0.25) is 0 Å². The van der Waals surface area contributed by atoms with Gasteiger partial charge in [0.25, 0.3) is 0 Å². The summed E-state index contributed by atoms with van der Waals surface area (Å²) in [5.74, 6) is 0. The number of nitrogens with zero attached hydrogens (tertiary/aromatic N) is 2. The van der Waals surface area contributed by atoms with Crippen LogP contribution in [0, 0.1) is 0 Å². The van der Waals surface area contributed by atoms with E-state index in [4.69, 9.17) is 0 Å². The number of imidazole rings is 1. The van der Waals surface area contributed by atoms with Gasteiger partial charge in [0.05, 0.1) is 5.69 Å². The number of hydrogen-bond donors (Lipinski definition) is 2. The molecule has 1 aromatic carbocycles. The Labute approximate surface area is 124 Å². The molecule has 2 heterocycles. The first kappa shape index (κ1) is 13.5. The largest absolute Gasteiger partial charge is 0.388 e. The summed E-state index contributed by atoms with van der Waals surface area (Å²) in [7, 11) is 1.91. The number of benzene rings is 1. The minimum atomic E-state index is 0.949. The summed E-state index contributed by atoms with van der Waals surface area (Å²) in [6.45, 7) is 3.16. The summed E-state index contributed by atoms with van der Waals surface area (Å²) in [6, 6.07) is 12.5. The molecule has 0 aliphatic heterocycles. The van der Waals surface area contributed by atoms with Crippen LogP contribution in [0.15, 0.2) is 48.8 Å². The molecule has 0 fully saturated rings. The van der Waals surface area contributed by atoms with E-state index in [0.29, 0.717) is 0 Å². The molecule has 2 aromatic heterocycles. The van der Waals surface area contributed by atoms with Crippen molar-refractivity contribution in [1.29, 1.82) is 0 Å². The molecular weight excluding hydrogens is 260 g/mol. The van der Waals surface area contributed by atoms with Crippen molar-refractivity contribution in [2.24, 2.45) is 0 Å². The molecule has 0 amide bonds. The predicted molar refractivity (Wildman–Crippen MR) is 89.0 cm³/mol. The van der Waals surface area contributed by atoms with Crippen LogP contribution in [0.25, 0.3) is 16.9 Å². The summed E-state index contributed by atoms with van der Waals surface area (Å²) in [5.41, 5.74) is 5.29. The number of hydrogen-bond acceptors (Lipinski definition) is 3. The van der Waals surface area contributed by atoms with Gasteiger partial charge in [-0.1, -0.05) is 19.1 Å². The average molecular weight is 280 g/mol. The van der Waals surface area contributed by atoms with Gasteiger partial charge in [-0.15, -0.1) is 0 Å².